The van der Waals surface area contributed by atoms with Crippen molar-refractivity contribution in [1.82, 2.24) is 10.9 Å². The summed E-state index contributed by atoms with van der Waals surface area (Å²) in [6.45, 7) is 13.5. The molecular formula is C18H32N2O4. The Kier molecular flexibility index (Phi) is 8.42. The Morgan fingerprint density at radius 1 is 1.29 bits per heavy atom. The number of rotatable bonds is 8. The third-order valence-corrected chi connectivity index (χ3v) is 4.35. The Morgan fingerprint density at radius 2 is 2.00 bits per heavy atom. The van der Waals surface area contributed by atoms with Gasteiger partial charge in [-0.1, -0.05) is 27.4 Å². The summed E-state index contributed by atoms with van der Waals surface area (Å²) in [5.41, 5.74) is 6.38. The van der Waals surface area contributed by atoms with Crippen LogP contribution < -0.4 is 10.9 Å². The van der Waals surface area contributed by atoms with Crippen LogP contribution in [0.15, 0.2) is 12.2 Å². The van der Waals surface area contributed by atoms with E-state index in [1.165, 1.54) is 0 Å². The zero-order valence-corrected chi connectivity index (χ0v) is 15.4. The molecule has 2 N–H and O–H groups in total. The van der Waals surface area contributed by atoms with E-state index in [9.17, 15) is 9.59 Å². The van der Waals surface area contributed by atoms with Crippen LogP contribution in [0.3, 0.4) is 0 Å². The van der Waals surface area contributed by atoms with Crippen molar-refractivity contribution < 1.29 is 19.1 Å². The first-order valence-corrected chi connectivity index (χ1v) is 8.75. The molecule has 1 unspecified atom stereocenters. The van der Waals surface area contributed by atoms with Crippen LogP contribution in [0.2, 0.25) is 0 Å². The Balaban J connectivity index is 2.47. The number of hydrogen-bond acceptors (Lipinski definition) is 6. The Labute approximate surface area is 145 Å². The highest BCUT2D eigenvalue weighted by Crippen LogP contribution is 2.33. The van der Waals surface area contributed by atoms with Crippen LogP contribution >= 0.6 is 0 Å². The van der Waals surface area contributed by atoms with E-state index in [1.54, 1.807) is 6.92 Å². The summed E-state index contributed by atoms with van der Waals surface area (Å²) in [6, 6.07) is -0.277. The summed E-state index contributed by atoms with van der Waals surface area (Å²) in [7, 11) is 0. The van der Waals surface area contributed by atoms with Gasteiger partial charge in [0.15, 0.2) is 0 Å². The van der Waals surface area contributed by atoms with Crippen molar-refractivity contribution in [3.8, 4) is 0 Å². The summed E-state index contributed by atoms with van der Waals surface area (Å²) in [4.78, 5) is 23.8. The number of ether oxygens (including phenoxy) is 2. The van der Waals surface area contributed by atoms with E-state index in [0.717, 1.165) is 19.4 Å². The average molecular weight is 340 g/mol. The van der Waals surface area contributed by atoms with Gasteiger partial charge in [-0.3, -0.25) is 10.2 Å². The van der Waals surface area contributed by atoms with Crippen LogP contribution in [0, 0.1) is 11.3 Å². The van der Waals surface area contributed by atoms with Crippen molar-refractivity contribution in [1.29, 1.82) is 0 Å². The van der Waals surface area contributed by atoms with Gasteiger partial charge in [0.25, 0.3) is 0 Å². The van der Waals surface area contributed by atoms with Gasteiger partial charge in [-0.15, -0.1) is 0 Å². The highest BCUT2D eigenvalue weighted by molar-refractivity contribution is 5.87. The van der Waals surface area contributed by atoms with Crippen LogP contribution in [0.5, 0.6) is 0 Å². The first-order valence-electron chi connectivity index (χ1n) is 8.75. The number of hydrazine groups is 1. The van der Waals surface area contributed by atoms with Crippen molar-refractivity contribution in [3.63, 3.8) is 0 Å². The van der Waals surface area contributed by atoms with Gasteiger partial charge in [0.2, 0.25) is 0 Å². The minimum absolute atomic E-state index is 0.0213. The van der Waals surface area contributed by atoms with Crippen LogP contribution in [-0.2, 0) is 19.1 Å². The lowest BCUT2D eigenvalue weighted by atomic mass is 9.75. The molecule has 138 valence electrons. The predicted octanol–water partition coefficient (Wildman–Crippen LogP) is 2.35. The number of esters is 2. The van der Waals surface area contributed by atoms with Crippen LogP contribution in [-0.4, -0.2) is 37.7 Å². The fourth-order valence-electron chi connectivity index (χ4n) is 2.70. The quantitative estimate of drug-likeness (QED) is 0.522. The summed E-state index contributed by atoms with van der Waals surface area (Å²) in [5, 5.41) is 0. The van der Waals surface area contributed by atoms with Gasteiger partial charge in [-0.2, -0.15) is 0 Å². The van der Waals surface area contributed by atoms with Gasteiger partial charge >= 0.3 is 11.9 Å². The monoisotopic (exact) mass is 340 g/mol. The maximum Gasteiger partial charge on any atom is 0.333 e. The van der Waals surface area contributed by atoms with Gasteiger partial charge in [-0.05, 0) is 43.9 Å². The van der Waals surface area contributed by atoms with E-state index in [2.05, 4.69) is 38.2 Å². The fourth-order valence-corrected chi connectivity index (χ4v) is 2.70. The SMILES string of the molecule is C=C(C[C@@H](CCOC(=O)C1CCCNN1)C(C)(C)C)C(=O)OCC. The largest absolute Gasteiger partial charge is 0.464 e. The second kappa shape index (κ2) is 9.79. The van der Waals surface area contributed by atoms with E-state index in [0.29, 0.717) is 31.6 Å². The zero-order valence-electron chi connectivity index (χ0n) is 15.4. The number of hydrogen-bond donors (Lipinski definition) is 2. The van der Waals surface area contributed by atoms with E-state index in [4.69, 9.17) is 9.47 Å². The number of nitrogens with one attached hydrogen (secondary N) is 2. The number of carbonyl (C=O) groups excluding carboxylic acids is 2. The molecule has 6 heteroatoms. The van der Waals surface area contributed by atoms with Gasteiger partial charge in [0, 0.05) is 12.1 Å². The molecule has 1 aliphatic heterocycles. The molecule has 1 heterocycles. The van der Waals surface area contributed by atoms with E-state index >= 15 is 0 Å². The van der Waals surface area contributed by atoms with Crippen LogP contribution in [0.1, 0.15) is 53.4 Å². The van der Waals surface area contributed by atoms with Crippen LogP contribution in [0.25, 0.3) is 0 Å². The molecule has 24 heavy (non-hydrogen) atoms. The maximum atomic E-state index is 12.0. The van der Waals surface area contributed by atoms with Gasteiger partial charge in [0.05, 0.1) is 13.2 Å². The molecule has 0 aromatic carbocycles. The molecule has 1 fully saturated rings. The van der Waals surface area contributed by atoms with Gasteiger partial charge in [0.1, 0.15) is 6.04 Å². The first-order chi connectivity index (χ1) is 11.3. The second-order valence-corrected chi connectivity index (χ2v) is 7.31. The molecule has 1 rings (SSSR count). The Bertz CT molecular complexity index is 437. The summed E-state index contributed by atoms with van der Waals surface area (Å²) in [6.07, 6.45) is 2.97. The molecule has 0 aliphatic carbocycles. The van der Waals surface area contributed by atoms with Crippen LogP contribution in [0.4, 0.5) is 0 Å². The molecule has 0 amide bonds. The molecular weight excluding hydrogens is 308 g/mol. The third-order valence-electron chi connectivity index (χ3n) is 4.35. The second-order valence-electron chi connectivity index (χ2n) is 7.31. The molecule has 0 aromatic rings. The Hall–Kier alpha value is -1.40. The Morgan fingerprint density at radius 3 is 2.54 bits per heavy atom. The summed E-state index contributed by atoms with van der Waals surface area (Å²) in [5.74, 6) is -0.389. The van der Waals surface area contributed by atoms with Crippen molar-refractivity contribution in [2.24, 2.45) is 11.3 Å². The molecule has 0 saturated carbocycles. The first kappa shape index (κ1) is 20.6. The van der Waals surface area contributed by atoms with Crippen molar-refractivity contribution in [2.75, 3.05) is 19.8 Å². The number of carbonyl (C=O) groups is 2. The lowest BCUT2D eigenvalue weighted by Crippen LogP contribution is -2.50. The minimum Gasteiger partial charge on any atom is -0.464 e. The van der Waals surface area contributed by atoms with E-state index < -0.39 is 0 Å². The molecule has 0 bridgehead atoms. The molecule has 0 aromatic heterocycles. The smallest absolute Gasteiger partial charge is 0.333 e. The molecule has 6 nitrogen and oxygen atoms in total. The molecule has 0 spiro atoms. The fraction of sp³-hybridized carbons (Fsp3) is 0.778. The highest BCUT2D eigenvalue weighted by atomic mass is 16.5. The van der Waals surface area contributed by atoms with Crippen molar-refractivity contribution in [2.45, 2.75) is 59.4 Å². The molecule has 1 aliphatic rings. The molecule has 1 saturated heterocycles. The lowest BCUT2D eigenvalue weighted by molar-refractivity contribution is -0.148. The van der Waals surface area contributed by atoms with Crippen molar-refractivity contribution in [3.05, 3.63) is 12.2 Å². The third kappa shape index (κ3) is 7.01. The van der Waals surface area contributed by atoms with Crippen molar-refractivity contribution >= 4 is 11.9 Å². The zero-order chi connectivity index (χ0) is 18.2. The summed E-state index contributed by atoms with van der Waals surface area (Å²) < 4.78 is 10.4. The average Bonchev–Trinajstić information content (AvgIpc) is 2.53. The minimum atomic E-state index is -0.346. The summed E-state index contributed by atoms with van der Waals surface area (Å²) >= 11 is 0. The normalized spacial score (nSPS) is 19.4. The maximum absolute atomic E-state index is 12.0. The van der Waals surface area contributed by atoms with Gasteiger partial charge in [-0.25, -0.2) is 10.2 Å². The van der Waals surface area contributed by atoms with E-state index in [-0.39, 0.29) is 29.3 Å². The standard InChI is InChI=1S/C18H32N2O4/c1-6-23-16(21)13(2)12-14(18(3,4)5)9-11-24-17(22)15-8-7-10-19-20-15/h14-15,19-20H,2,6-12H2,1,3-5H3/t14-,15?/m1/s1. The van der Waals surface area contributed by atoms with Gasteiger partial charge < -0.3 is 9.47 Å². The molecule has 0 radical (unpaired) electrons. The topological polar surface area (TPSA) is 76.7 Å². The lowest BCUT2D eigenvalue weighted by Gasteiger charge is -2.31. The highest BCUT2D eigenvalue weighted by Gasteiger charge is 2.28. The predicted molar refractivity (Wildman–Crippen MR) is 93.1 cm³/mol. The molecule has 2 atom stereocenters. The van der Waals surface area contributed by atoms with E-state index in [1.807, 2.05) is 0 Å².